The highest BCUT2D eigenvalue weighted by atomic mass is 19.4. The van der Waals surface area contributed by atoms with E-state index in [-0.39, 0.29) is 5.92 Å². The molecule has 0 fully saturated rings. The molecule has 9 heteroatoms. The van der Waals surface area contributed by atoms with Crippen molar-refractivity contribution in [3.05, 3.63) is 52.3 Å². The van der Waals surface area contributed by atoms with Crippen LogP contribution in [-0.4, -0.2) is 42.0 Å². The average Bonchev–Trinajstić information content (AvgIpc) is 2.93. The number of fused-ring (bicyclic) bond motifs is 4. The molecule has 0 bridgehead atoms. The highest BCUT2D eigenvalue weighted by molar-refractivity contribution is 6.16. The van der Waals surface area contributed by atoms with Crippen molar-refractivity contribution in [3.8, 4) is 0 Å². The van der Waals surface area contributed by atoms with Gasteiger partial charge in [0, 0.05) is 35.1 Å². The number of nitrogens with one attached hydrogen (secondary N) is 2. The largest absolute Gasteiger partial charge is 0.416 e. The summed E-state index contributed by atoms with van der Waals surface area (Å²) in [4.78, 5) is 18.7. The van der Waals surface area contributed by atoms with Crippen LogP contribution in [0.3, 0.4) is 0 Å². The number of nitrogens with zero attached hydrogens (tertiary/aromatic N) is 4. The van der Waals surface area contributed by atoms with Gasteiger partial charge in [0.15, 0.2) is 0 Å². The fraction of sp³-hybridized carbons (Fsp3) is 0.440. The van der Waals surface area contributed by atoms with Crippen LogP contribution in [0.1, 0.15) is 47.8 Å². The molecule has 2 aliphatic heterocycles. The van der Waals surface area contributed by atoms with E-state index in [4.69, 9.17) is 9.98 Å². The topological polar surface area (TPSA) is 74.0 Å². The number of halogens is 3. The van der Waals surface area contributed by atoms with Crippen LogP contribution in [0.2, 0.25) is 0 Å². The normalized spacial score (nSPS) is 23.8. The first-order valence-electron chi connectivity index (χ1n) is 11.5. The maximum absolute atomic E-state index is 13.3. The van der Waals surface area contributed by atoms with Crippen molar-refractivity contribution in [1.29, 1.82) is 0 Å². The van der Waals surface area contributed by atoms with Gasteiger partial charge in [0.2, 0.25) is 6.29 Å². The average molecular weight is 469 g/mol. The zero-order valence-electron chi connectivity index (χ0n) is 19.4. The van der Waals surface area contributed by atoms with E-state index < -0.39 is 18.0 Å². The summed E-state index contributed by atoms with van der Waals surface area (Å²) in [6.07, 6.45) is 0.338. The van der Waals surface area contributed by atoms with Crippen molar-refractivity contribution >= 4 is 29.0 Å². The highest BCUT2D eigenvalue weighted by Gasteiger charge is 2.33. The number of likely N-dealkylation sites (N-methyl/N-ethyl adjacent to an activating group) is 1. The second-order valence-electron chi connectivity index (χ2n) is 9.17. The van der Waals surface area contributed by atoms with Crippen LogP contribution in [0.5, 0.6) is 0 Å². The van der Waals surface area contributed by atoms with E-state index in [1.807, 2.05) is 27.1 Å². The number of aliphatic imine (C=N–C) groups is 3. The van der Waals surface area contributed by atoms with Gasteiger partial charge in [0.25, 0.3) is 0 Å². The molecule has 3 heterocycles. The molecule has 0 spiro atoms. The van der Waals surface area contributed by atoms with Crippen LogP contribution in [0.25, 0.3) is 0 Å². The fourth-order valence-electron chi connectivity index (χ4n) is 4.89. The van der Waals surface area contributed by atoms with Gasteiger partial charge < -0.3 is 10.6 Å². The zero-order valence-corrected chi connectivity index (χ0v) is 19.4. The number of rotatable bonds is 3. The van der Waals surface area contributed by atoms with E-state index in [0.29, 0.717) is 29.4 Å². The smallest absolute Gasteiger partial charge is 0.344 e. The summed E-state index contributed by atoms with van der Waals surface area (Å²) in [7, 11) is 1.98. The van der Waals surface area contributed by atoms with Crippen LogP contribution >= 0.6 is 0 Å². The number of benzene rings is 1. The Morgan fingerprint density at radius 3 is 2.68 bits per heavy atom. The van der Waals surface area contributed by atoms with Gasteiger partial charge in [0.05, 0.1) is 28.3 Å². The minimum Gasteiger partial charge on any atom is -0.344 e. The third kappa shape index (κ3) is 4.36. The molecule has 1 aromatic heterocycles. The lowest BCUT2D eigenvalue weighted by molar-refractivity contribution is -0.137. The van der Waals surface area contributed by atoms with Crippen LogP contribution < -0.4 is 10.6 Å². The molecule has 178 valence electrons. The van der Waals surface area contributed by atoms with E-state index in [0.717, 1.165) is 54.2 Å². The van der Waals surface area contributed by atoms with Crippen LogP contribution in [-0.2, 0) is 19.0 Å². The number of hydrogen-bond donors (Lipinski definition) is 2. The molecule has 5 rings (SSSR count). The van der Waals surface area contributed by atoms with Gasteiger partial charge in [-0.1, -0.05) is 6.07 Å². The molecule has 1 aliphatic carbocycles. The second-order valence-corrected chi connectivity index (χ2v) is 9.17. The van der Waals surface area contributed by atoms with E-state index in [1.165, 1.54) is 11.6 Å². The van der Waals surface area contributed by atoms with Crippen molar-refractivity contribution < 1.29 is 13.2 Å². The maximum atomic E-state index is 13.3. The molecule has 3 unspecified atom stereocenters. The molecule has 0 radical (unpaired) electrons. The van der Waals surface area contributed by atoms with Gasteiger partial charge in [-0.2, -0.15) is 13.2 Å². The monoisotopic (exact) mass is 468 g/mol. The highest BCUT2D eigenvalue weighted by Crippen LogP contribution is 2.37. The Kier molecular flexibility index (Phi) is 5.75. The number of anilines is 1. The lowest BCUT2D eigenvalue weighted by Crippen LogP contribution is -2.32. The Balaban J connectivity index is 1.46. The van der Waals surface area contributed by atoms with Gasteiger partial charge in [-0.05, 0) is 70.3 Å². The summed E-state index contributed by atoms with van der Waals surface area (Å²) in [6.45, 7) is 3.79. The van der Waals surface area contributed by atoms with Gasteiger partial charge in [-0.15, -0.1) is 0 Å². The first kappa shape index (κ1) is 22.7. The first-order valence-corrected chi connectivity index (χ1v) is 11.5. The van der Waals surface area contributed by atoms with Crippen LogP contribution in [0.15, 0.2) is 39.2 Å². The molecule has 0 saturated heterocycles. The van der Waals surface area contributed by atoms with E-state index in [9.17, 15) is 13.2 Å². The molecule has 0 saturated carbocycles. The molecule has 6 nitrogen and oxygen atoms in total. The Morgan fingerprint density at radius 1 is 1.09 bits per heavy atom. The summed E-state index contributed by atoms with van der Waals surface area (Å²) in [5.74, 6) is -0.126. The molecule has 3 aliphatic rings. The lowest BCUT2D eigenvalue weighted by Gasteiger charge is -2.26. The van der Waals surface area contributed by atoms with Gasteiger partial charge in [0.1, 0.15) is 0 Å². The number of aromatic nitrogens is 1. The number of hydrogen-bond acceptors (Lipinski definition) is 6. The first-order chi connectivity index (χ1) is 16.2. The second kappa shape index (κ2) is 8.61. The SMILES string of the molecule is CNC1CCc2nc(C)c(NC3N=CC4CC(C)=Nc5cc(C(F)(F)F)ccc5C4=N3)cc2C1. The predicted molar refractivity (Wildman–Crippen MR) is 129 cm³/mol. The number of alkyl halides is 3. The van der Waals surface area contributed by atoms with Gasteiger partial charge in [-0.25, -0.2) is 4.99 Å². The van der Waals surface area contributed by atoms with Crippen molar-refractivity contribution in [3.63, 3.8) is 0 Å². The summed E-state index contributed by atoms with van der Waals surface area (Å²) >= 11 is 0. The van der Waals surface area contributed by atoms with Gasteiger partial charge >= 0.3 is 6.18 Å². The van der Waals surface area contributed by atoms with Crippen molar-refractivity contribution in [1.82, 2.24) is 10.3 Å². The van der Waals surface area contributed by atoms with Crippen molar-refractivity contribution in [2.24, 2.45) is 20.9 Å². The minimum atomic E-state index is -4.42. The molecule has 0 amide bonds. The fourth-order valence-corrected chi connectivity index (χ4v) is 4.89. The standard InChI is InChI=1S/C25H27F3N6/c1-13-8-16-12-30-24(33-21-10-15-9-18(29-3)5-7-20(15)32-14(21)2)34-23(16)19-6-4-17(25(26,27)28)11-22(19)31-13/h4,6,10-12,16,18,24,29,33H,5,7-9H2,1-3H3. The van der Waals surface area contributed by atoms with Crippen molar-refractivity contribution in [2.75, 3.05) is 12.4 Å². The van der Waals surface area contributed by atoms with Crippen molar-refractivity contribution in [2.45, 2.75) is 58.0 Å². The molecular weight excluding hydrogens is 441 g/mol. The quantitative estimate of drug-likeness (QED) is 0.675. The third-order valence-electron chi connectivity index (χ3n) is 6.72. The van der Waals surface area contributed by atoms with E-state index in [2.05, 4.69) is 26.7 Å². The van der Waals surface area contributed by atoms with Crippen LogP contribution in [0, 0.1) is 12.8 Å². The summed E-state index contributed by atoms with van der Waals surface area (Å²) < 4.78 is 39.8. The Morgan fingerprint density at radius 2 is 1.91 bits per heavy atom. The molecule has 2 N–H and O–H groups in total. The Hall–Kier alpha value is -3.07. The Labute approximate surface area is 196 Å². The zero-order chi connectivity index (χ0) is 24.0. The molecule has 34 heavy (non-hydrogen) atoms. The number of aryl methyl sites for hydroxylation is 2. The maximum Gasteiger partial charge on any atom is 0.416 e. The summed E-state index contributed by atoms with van der Waals surface area (Å²) in [5, 5.41) is 6.73. The molecular formula is C25H27F3N6. The molecule has 3 atom stereocenters. The number of pyridine rings is 1. The van der Waals surface area contributed by atoms with E-state index >= 15 is 0 Å². The Bertz CT molecular complexity index is 1210. The third-order valence-corrected chi connectivity index (χ3v) is 6.72. The van der Waals surface area contributed by atoms with Gasteiger partial charge in [-0.3, -0.25) is 15.0 Å². The minimum absolute atomic E-state index is 0.126. The van der Waals surface area contributed by atoms with Crippen LogP contribution in [0.4, 0.5) is 24.5 Å². The summed E-state index contributed by atoms with van der Waals surface area (Å²) in [5.41, 5.74) is 5.77. The summed E-state index contributed by atoms with van der Waals surface area (Å²) in [6, 6.07) is 6.25. The predicted octanol–water partition coefficient (Wildman–Crippen LogP) is 4.87. The lowest BCUT2D eigenvalue weighted by atomic mass is 9.91. The molecule has 2 aromatic rings. The van der Waals surface area contributed by atoms with E-state index in [1.54, 1.807) is 0 Å². The molecule has 1 aromatic carbocycles.